The van der Waals surface area contributed by atoms with Crippen LogP contribution in [-0.4, -0.2) is 74.5 Å². The fourth-order valence-electron chi connectivity index (χ4n) is 7.32. The molecule has 0 saturated carbocycles. The number of amides is 1. The van der Waals surface area contributed by atoms with Crippen molar-refractivity contribution < 1.29 is 27.1 Å². The van der Waals surface area contributed by atoms with Crippen LogP contribution in [0, 0.1) is 25.1 Å². The molecule has 0 radical (unpaired) electrons. The summed E-state index contributed by atoms with van der Waals surface area (Å²) in [5.41, 5.74) is 2.03. The second-order valence-corrected chi connectivity index (χ2v) is 14.1. The highest BCUT2D eigenvalue weighted by atomic mass is 32.2. The number of piperidine rings is 2. The Morgan fingerprint density at radius 2 is 1.82 bits per heavy atom. The van der Waals surface area contributed by atoms with Crippen molar-refractivity contribution in [2.24, 2.45) is 5.41 Å². The lowest BCUT2D eigenvalue weighted by Crippen LogP contribution is -2.48. The molecule has 4 heterocycles. The Balaban J connectivity index is 1.21. The third-order valence-corrected chi connectivity index (χ3v) is 11.8. The van der Waals surface area contributed by atoms with Crippen molar-refractivity contribution in [1.82, 2.24) is 19.6 Å². The van der Waals surface area contributed by atoms with Crippen molar-refractivity contribution in [3.05, 3.63) is 71.3 Å². The first-order valence-corrected chi connectivity index (χ1v) is 17.0. The summed E-state index contributed by atoms with van der Waals surface area (Å²) < 4.78 is 54.5. The number of carbonyl (C=O) groups excluding carboxylic acids is 1. The summed E-state index contributed by atoms with van der Waals surface area (Å²) >= 11 is 0. The molecule has 3 aliphatic heterocycles. The van der Waals surface area contributed by atoms with Crippen molar-refractivity contribution in [1.29, 1.82) is 0 Å². The fraction of sp³-hybridized carbons (Fsp3) is 0.485. The number of hydrogen-bond acceptors (Lipinski definition) is 8. The molecule has 2 aromatic carbocycles. The number of hydrogen-bond donors (Lipinski definition) is 1. The number of sulfonamides is 1. The van der Waals surface area contributed by atoms with E-state index in [1.54, 1.807) is 60.6 Å². The van der Waals surface area contributed by atoms with Crippen LogP contribution in [0.25, 0.3) is 0 Å². The number of nitrogens with zero attached hydrogens (tertiary/aromatic N) is 4. The van der Waals surface area contributed by atoms with E-state index in [9.17, 15) is 17.6 Å². The molecular weight excluding hydrogens is 597 g/mol. The molecule has 45 heavy (non-hydrogen) atoms. The van der Waals surface area contributed by atoms with Crippen LogP contribution < -0.4 is 19.7 Å². The normalized spacial score (nSPS) is 24.3. The van der Waals surface area contributed by atoms with E-state index in [4.69, 9.17) is 14.5 Å². The van der Waals surface area contributed by atoms with Crippen LogP contribution in [0.1, 0.15) is 54.8 Å². The Morgan fingerprint density at radius 1 is 1.07 bits per heavy atom. The highest BCUT2D eigenvalue weighted by molar-refractivity contribution is 7.89. The molecule has 3 fully saturated rings. The van der Waals surface area contributed by atoms with Crippen LogP contribution in [0.3, 0.4) is 0 Å². The molecule has 10 nitrogen and oxygen atoms in total. The van der Waals surface area contributed by atoms with Crippen LogP contribution in [0.5, 0.6) is 11.8 Å². The average molecular weight is 638 g/mol. The van der Waals surface area contributed by atoms with Gasteiger partial charge in [0, 0.05) is 37.4 Å². The minimum absolute atomic E-state index is 0.0221. The lowest BCUT2D eigenvalue weighted by molar-refractivity contribution is -0.128. The van der Waals surface area contributed by atoms with Gasteiger partial charge in [0.25, 0.3) is 0 Å². The van der Waals surface area contributed by atoms with Gasteiger partial charge in [-0.25, -0.2) is 17.8 Å². The van der Waals surface area contributed by atoms with E-state index in [0.717, 1.165) is 12.8 Å². The first-order valence-electron chi connectivity index (χ1n) is 15.5. The Bertz CT molecular complexity index is 1650. The number of nitrogens with one attached hydrogen (secondary N) is 1. The molecule has 6 rings (SSSR count). The van der Waals surface area contributed by atoms with Crippen molar-refractivity contribution >= 4 is 21.6 Å². The number of rotatable bonds is 8. The van der Waals surface area contributed by atoms with Crippen molar-refractivity contribution in [2.75, 3.05) is 44.8 Å². The van der Waals surface area contributed by atoms with Gasteiger partial charge in [0.2, 0.25) is 15.9 Å². The summed E-state index contributed by atoms with van der Waals surface area (Å²) in [6, 6.07) is 11.1. The number of methoxy groups -OCH3 is 1. The summed E-state index contributed by atoms with van der Waals surface area (Å²) in [5.74, 6) is 0.0983. The number of halogens is 1. The molecule has 3 aliphatic rings. The van der Waals surface area contributed by atoms with Gasteiger partial charge in [-0.3, -0.25) is 4.79 Å². The zero-order valence-corrected chi connectivity index (χ0v) is 26.8. The third-order valence-electron chi connectivity index (χ3n) is 9.58. The van der Waals surface area contributed by atoms with E-state index < -0.39 is 15.4 Å². The first kappa shape index (κ1) is 31.4. The van der Waals surface area contributed by atoms with E-state index in [-0.39, 0.29) is 36.3 Å². The lowest BCUT2D eigenvalue weighted by atomic mass is 9.68. The van der Waals surface area contributed by atoms with Gasteiger partial charge in [0.1, 0.15) is 18.2 Å². The van der Waals surface area contributed by atoms with E-state index in [1.807, 2.05) is 6.07 Å². The third kappa shape index (κ3) is 5.91. The van der Waals surface area contributed by atoms with Crippen molar-refractivity contribution in [3.8, 4) is 11.8 Å². The Morgan fingerprint density at radius 3 is 2.56 bits per heavy atom. The smallest absolute Gasteiger partial charge is 0.316 e. The summed E-state index contributed by atoms with van der Waals surface area (Å²) in [6.45, 7) is 5.94. The molecule has 3 atom stereocenters. The monoisotopic (exact) mass is 637 g/mol. The predicted molar refractivity (Wildman–Crippen MR) is 168 cm³/mol. The topological polar surface area (TPSA) is 114 Å². The van der Waals surface area contributed by atoms with Crippen molar-refractivity contribution in [2.45, 2.75) is 62.8 Å². The van der Waals surface area contributed by atoms with Crippen LogP contribution in [0.4, 0.5) is 10.1 Å². The molecule has 240 valence electrons. The van der Waals surface area contributed by atoms with Gasteiger partial charge in [0.05, 0.1) is 29.2 Å². The van der Waals surface area contributed by atoms with E-state index in [0.29, 0.717) is 78.6 Å². The van der Waals surface area contributed by atoms with Gasteiger partial charge >= 0.3 is 6.01 Å². The second kappa shape index (κ2) is 12.6. The van der Waals surface area contributed by atoms with Crippen LogP contribution in [0.2, 0.25) is 0 Å². The number of ether oxygens (including phenoxy) is 2. The molecular formula is C33H40FN5O5S. The Kier molecular flexibility index (Phi) is 8.82. The van der Waals surface area contributed by atoms with Crippen LogP contribution in [-0.2, 0) is 14.8 Å². The largest absolute Gasteiger partial charge is 0.497 e. The maximum Gasteiger partial charge on any atom is 0.316 e. The van der Waals surface area contributed by atoms with Crippen molar-refractivity contribution in [3.63, 3.8) is 0 Å². The summed E-state index contributed by atoms with van der Waals surface area (Å²) in [6.07, 6.45) is 5.29. The molecule has 3 aromatic rings. The molecule has 0 aliphatic carbocycles. The highest BCUT2D eigenvalue weighted by Gasteiger charge is 2.54. The molecule has 3 saturated heterocycles. The van der Waals surface area contributed by atoms with Gasteiger partial charge in [-0.15, -0.1) is 0 Å². The maximum absolute atomic E-state index is 14.0. The van der Waals surface area contributed by atoms with Gasteiger partial charge in [-0.2, -0.15) is 9.29 Å². The molecule has 1 aromatic heterocycles. The number of benzene rings is 2. The molecule has 3 unspecified atom stereocenters. The fourth-order valence-corrected chi connectivity index (χ4v) is 9.42. The predicted octanol–water partition coefficient (Wildman–Crippen LogP) is 4.36. The number of anilines is 1. The van der Waals surface area contributed by atoms with Gasteiger partial charge in [-0.05, 0) is 99.7 Å². The number of aromatic nitrogens is 2. The zero-order chi connectivity index (χ0) is 31.8. The number of aryl methyl sites for hydroxylation is 2. The lowest BCUT2D eigenvalue weighted by Gasteiger charge is -2.39. The molecule has 1 spiro atoms. The minimum Gasteiger partial charge on any atom is -0.497 e. The van der Waals surface area contributed by atoms with E-state index in [2.05, 4.69) is 10.3 Å². The van der Waals surface area contributed by atoms with Gasteiger partial charge in [0.15, 0.2) is 0 Å². The van der Waals surface area contributed by atoms with E-state index in [1.165, 1.54) is 12.1 Å². The number of carbonyl (C=O) groups is 1. The standard InChI is InChI=1S/C33H40FN5O5S/c1-22-18-27(43-3)19-23(2)30(22)45(41,42)39-16-5-4-6-26(39)21-44-32-36-14-11-29(37-32)28-20-35-15-12-33(28)13-17-38(31(33)40)25-9-7-24(34)8-10-25/h7-11,14,18-19,26,28,35H,4-6,12-13,15-17,20-21H2,1-3H3. The second-order valence-electron chi connectivity index (χ2n) is 12.3. The van der Waals surface area contributed by atoms with Crippen LogP contribution in [0.15, 0.2) is 53.6 Å². The van der Waals surface area contributed by atoms with Crippen LogP contribution >= 0.6 is 0 Å². The zero-order valence-electron chi connectivity index (χ0n) is 26.0. The summed E-state index contributed by atoms with van der Waals surface area (Å²) in [7, 11) is -2.23. The Hall–Kier alpha value is -3.61. The minimum atomic E-state index is -3.79. The average Bonchev–Trinajstić information content (AvgIpc) is 3.35. The molecule has 1 amide bonds. The molecule has 0 bridgehead atoms. The van der Waals surface area contributed by atoms with E-state index >= 15 is 0 Å². The molecule has 12 heteroatoms. The molecule has 1 N–H and O–H groups in total. The summed E-state index contributed by atoms with van der Waals surface area (Å²) in [4.78, 5) is 25.1. The first-order chi connectivity index (χ1) is 21.6. The Labute approximate surface area is 264 Å². The van der Waals surface area contributed by atoms with Gasteiger partial charge in [-0.1, -0.05) is 6.42 Å². The SMILES string of the molecule is COc1cc(C)c(S(=O)(=O)N2CCCCC2COc2nccc(C3CNCCC34CCN(c3ccc(F)cc3)C4=O)n2)c(C)c1. The highest BCUT2D eigenvalue weighted by Crippen LogP contribution is 2.49. The maximum atomic E-state index is 14.0. The quantitative estimate of drug-likeness (QED) is 0.388. The van der Waals surface area contributed by atoms with Gasteiger partial charge < -0.3 is 19.7 Å². The summed E-state index contributed by atoms with van der Waals surface area (Å²) in [5, 5.41) is 3.42.